The van der Waals surface area contributed by atoms with E-state index in [-0.39, 0.29) is 11.7 Å². The first kappa shape index (κ1) is 12.2. The fraction of sp³-hybridized carbons (Fsp3) is 0.643. The van der Waals surface area contributed by atoms with Crippen LogP contribution in [-0.4, -0.2) is 17.3 Å². The molecule has 0 spiro atoms. The summed E-state index contributed by atoms with van der Waals surface area (Å²) in [6, 6.07) is 2.00. The van der Waals surface area contributed by atoms with Crippen molar-refractivity contribution in [2.24, 2.45) is 0 Å². The maximum atomic E-state index is 12.4. The van der Waals surface area contributed by atoms with E-state index in [9.17, 15) is 4.79 Å². The first-order chi connectivity index (χ1) is 8.79. The summed E-state index contributed by atoms with van der Waals surface area (Å²) in [6.07, 6.45) is 5.61. The molecule has 0 saturated carbocycles. The molecule has 1 unspecified atom stereocenters. The zero-order valence-electron chi connectivity index (χ0n) is 10.5. The number of rotatable bonds is 3. The minimum Gasteiger partial charge on any atom is -0.376 e. The van der Waals surface area contributed by atoms with Crippen LogP contribution in [0.3, 0.4) is 0 Å². The smallest absolute Gasteiger partial charge is 0.255 e. The van der Waals surface area contributed by atoms with Crippen LogP contribution in [0.15, 0.2) is 10.9 Å². The van der Waals surface area contributed by atoms with Crippen LogP contribution in [0.1, 0.15) is 36.1 Å². The van der Waals surface area contributed by atoms with Crippen LogP contribution in [0.4, 0.5) is 0 Å². The van der Waals surface area contributed by atoms with Crippen LogP contribution in [0.5, 0.6) is 0 Å². The highest BCUT2D eigenvalue weighted by Gasteiger charge is 2.22. The topological polar surface area (TPSA) is 31.2 Å². The van der Waals surface area contributed by atoms with E-state index < -0.39 is 0 Å². The Balaban J connectivity index is 2.00. The molecule has 3 rings (SSSR count). The summed E-state index contributed by atoms with van der Waals surface area (Å²) in [7, 11) is 0. The van der Waals surface area contributed by atoms with E-state index in [1.54, 1.807) is 0 Å². The third-order valence-corrected chi connectivity index (χ3v) is 4.27. The van der Waals surface area contributed by atoms with Crippen molar-refractivity contribution >= 4 is 11.6 Å². The van der Waals surface area contributed by atoms with Gasteiger partial charge in [0.25, 0.3) is 5.56 Å². The van der Waals surface area contributed by atoms with Gasteiger partial charge in [0.15, 0.2) is 0 Å². The summed E-state index contributed by atoms with van der Waals surface area (Å²) in [5.41, 5.74) is 3.34. The van der Waals surface area contributed by atoms with Gasteiger partial charge in [-0.25, -0.2) is 0 Å². The molecular weight excluding hydrogens is 250 g/mol. The molecule has 1 aromatic rings. The summed E-state index contributed by atoms with van der Waals surface area (Å²) in [6.45, 7) is 1.53. The van der Waals surface area contributed by atoms with Gasteiger partial charge in [-0.15, -0.1) is 11.6 Å². The number of hydrogen-bond donors (Lipinski definition) is 0. The lowest BCUT2D eigenvalue weighted by Crippen LogP contribution is -2.31. The fourth-order valence-electron chi connectivity index (χ4n) is 3.06. The van der Waals surface area contributed by atoms with Crippen LogP contribution >= 0.6 is 11.6 Å². The molecule has 1 aliphatic heterocycles. The second-order valence-electron chi connectivity index (χ2n) is 5.18. The summed E-state index contributed by atoms with van der Waals surface area (Å²) >= 11 is 5.88. The minimum absolute atomic E-state index is 0.0844. The standard InChI is InChI=1S/C14H18ClNO2/c15-8-11-7-10-3-1-5-13(10)16(14(11)17)9-12-4-2-6-18-12/h7,12H,1-6,8-9H2. The molecular formula is C14H18ClNO2. The van der Waals surface area contributed by atoms with E-state index in [2.05, 4.69) is 0 Å². The van der Waals surface area contributed by atoms with Crippen molar-refractivity contribution < 1.29 is 4.74 Å². The number of nitrogens with zero attached hydrogens (tertiary/aromatic N) is 1. The molecule has 18 heavy (non-hydrogen) atoms. The van der Waals surface area contributed by atoms with Crippen LogP contribution in [0.2, 0.25) is 0 Å². The van der Waals surface area contributed by atoms with Crippen molar-refractivity contribution in [2.75, 3.05) is 6.61 Å². The van der Waals surface area contributed by atoms with Gasteiger partial charge in [0.1, 0.15) is 0 Å². The zero-order chi connectivity index (χ0) is 12.5. The van der Waals surface area contributed by atoms with Crippen molar-refractivity contribution in [3.63, 3.8) is 0 Å². The first-order valence-corrected chi connectivity index (χ1v) is 7.25. The first-order valence-electron chi connectivity index (χ1n) is 6.71. The second-order valence-corrected chi connectivity index (χ2v) is 5.45. The summed E-state index contributed by atoms with van der Waals surface area (Å²) in [5, 5.41) is 0. The largest absolute Gasteiger partial charge is 0.376 e. The number of aryl methyl sites for hydroxylation is 1. The Bertz CT molecular complexity index is 503. The maximum absolute atomic E-state index is 12.4. The van der Waals surface area contributed by atoms with Gasteiger partial charge in [0, 0.05) is 17.9 Å². The summed E-state index contributed by atoms with van der Waals surface area (Å²) < 4.78 is 7.58. The molecule has 0 bridgehead atoms. The highest BCUT2D eigenvalue weighted by molar-refractivity contribution is 6.17. The van der Waals surface area contributed by atoms with Crippen molar-refractivity contribution in [1.29, 1.82) is 0 Å². The Labute approximate surface area is 112 Å². The third kappa shape index (κ3) is 2.10. The molecule has 0 N–H and O–H groups in total. The zero-order valence-corrected chi connectivity index (χ0v) is 11.2. The van der Waals surface area contributed by atoms with E-state index in [0.717, 1.165) is 44.3 Å². The molecule has 4 heteroatoms. The van der Waals surface area contributed by atoms with E-state index in [1.807, 2.05) is 10.6 Å². The van der Waals surface area contributed by atoms with E-state index >= 15 is 0 Å². The highest BCUT2D eigenvalue weighted by atomic mass is 35.5. The van der Waals surface area contributed by atoms with Crippen LogP contribution in [-0.2, 0) is 30.0 Å². The van der Waals surface area contributed by atoms with Crippen LogP contribution in [0.25, 0.3) is 0 Å². The van der Waals surface area contributed by atoms with Gasteiger partial charge in [0.2, 0.25) is 0 Å². The average molecular weight is 268 g/mol. The van der Waals surface area contributed by atoms with Crippen molar-refractivity contribution in [3.8, 4) is 0 Å². The van der Waals surface area contributed by atoms with E-state index in [1.165, 1.54) is 11.3 Å². The van der Waals surface area contributed by atoms with Crippen LogP contribution < -0.4 is 5.56 Å². The number of alkyl halides is 1. The quantitative estimate of drug-likeness (QED) is 0.787. The van der Waals surface area contributed by atoms with Crippen molar-refractivity contribution in [1.82, 2.24) is 4.57 Å². The SMILES string of the molecule is O=c1c(CCl)cc2c(n1CC1CCCO1)CCC2. The molecule has 98 valence electrons. The summed E-state index contributed by atoms with van der Waals surface area (Å²) in [4.78, 5) is 12.4. The number of halogens is 1. The lowest BCUT2D eigenvalue weighted by molar-refractivity contribution is 0.0954. The molecule has 1 aliphatic carbocycles. The number of hydrogen-bond acceptors (Lipinski definition) is 2. The van der Waals surface area contributed by atoms with Gasteiger partial charge in [-0.05, 0) is 43.7 Å². The number of ether oxygens (including phenoxy) is 1. The summed E-state index contributed by atoms with van der Waals surface area (Å²) in [5.74, 6) is 0.303. The Morgan fingerprint density at radius 1 is 1.39 bits per heavy atom. The maximum Gasteiger partial charge on any atom is 0.255 e. The van der Waals surface area contributed by atoms with Gasteiger partial charge in [0.05, 0.1) is 18.5 Å². The molecule has 0 radical (unpaired) electrons. The van der Waals surface area contributed by atoms with Crippen molar-refractivity contribution in [2.45, 2.75) is 50.6 Å². The molecule has 2 aliphatic rings. The van der Waals surface area contributed by atoms with Gasteiger partial charge in [-0.1, -0.05) is 0 Å². The number of aromatic nitrogens is 1. The normalized spacial score (nSPS) is 22.4. The molecule has 3 nitrogen and oxygen atoms in total. The Kier molecular flexibility index (Phi) is 3.44. The molecule has 0 aromatic carbocycles. The lowest BCUT2D eigenvalue weighted by Gasteiger charge is -2.17. The minimum atomic E-state index is 0.0844. The molecule has 2 heterocycles. The van der Waals surface area contributed by atoms with Gasteiger partial charge >= 0.3 is 0 Å². The van der Waals surface area contributed by atoms with E-state index in [4.69, 9.17) is 16.3 Å². The van der Waals surface area contributed by atoms with E-state index in [0.29, 0.717) is 12.4 Å². The highest BCUT2D eigenvalue weighted by Crippen LogP contribution is 2.23. The van der Waals surface area contributed by atoms with Gasteiger partial charge in [-0.3, -0.25) is 4.79 Å². The Hall–Kier alpha value is -0.800. The number of pyridine rings is 1. The molecule has 0 amide bonds. The molecule has 1 fully saturated rings. The monoisotopic (exact) mass is 267 g/mol. The Morgan fingerprint density at radius 2 is 2.28 bits per heavy atom. The molecule has 1 aromatic heterocycles. The van der Waals surface area contributed by atoms with Crippen LogP contribution in [0, 0.1) is 0 Å². The Morgan fingerprint density at radius 3 is 3.00 bits per heavy atom. The van der Waals surface area contributed by atoms with Gasteiger partial charge in [-0.2, -0.15) is 0 Å². The van der Waals surface area contributed by atoms with Gasteiger partial charge < -0.3 is 9.30 Å². The fourth-order valence-corrected chi connectivity index (χ4v) is 3.26. The van der Waals surface area contributed by atoms with Crippen molar-refractivity contribution in [3.05, 3.63) is 33.2 Å². The average Bonchev–Trinajstić information content (AvgIpc) is 3.03. The second kappa shape index (κ2) is 5.06. The lowest BCUT2D eigenvalue weighted by atomic mass is 10.1. The molecule has 1 saturated heterocycles. The predicted molar refractivity (Wildman–Crippen MR) is 71.3 cm³/mol. The number of fused-ring (bicyclic) bond motifs is 1. The third-order valence-electron chi connectivity index (χ3n) is 3.98. The molecule has 1 atom stereocenters. The predicted octanol–water partition coefficient (Wildman–Crippen LogP) is 2.25.